The number of methoxy groups -OCH3 is 1. The number of hydrogen-bond donors (Lipinski definition) is 0. The lowest BCUT2D eigenvalue weighted by molar-refractivity contribution is 0.263. The first-order chi connectivity index (χ1) is 16.6. The summed E-state index contributed by atoms with van der Waals surface area (Å²) in [5, 5.41) is 0.536. The van der Waals surface area contributed by atoms with Crippen LogP contribution < -0.4 is 19.6 Å². The first kappa shape index (κ1) is 23.4. The molecule has 0 radical (unpaired) electrons. The summed E-state index contributed by atoms with van der Waals surface area (Å²) in [5.41, 5.74) is 3.44. The first-order valence-electron chi connectivity index (χ1n) is 11.7. The van der Waals surface area contributed by atoms with Crippen molar-refractivity contribution >= 4 is 11.0 Å². The van der Waals surface area contributed by atoms with Crippen LogP contribution in [-0.2, 0) is 6.42 Å². The zero-order valence-corrected chi connectivity index (χ0v) is 19.9. The minimum Gasteiger partial charge on any atom is -0.497 e. The third-order valence-corrected chi connectivity index (χ3v) is 5.75. The minimum absolute atomic E-state index is 0.154. The molecule has 0 unspecified atom stereocenters. The summed E-state index contributed by atoms with van der Waals surface area (Å²) < 4.78 is 23.3. The van der Waals surface area contributed by atoms with Crippen LogP contribution in [0.15, 0.2) is 75.9 Å². The topological polar surface area (TPSA) is 57.9 Å². The highest BCUT2D eigenvalue weighted by molar-refractivity contribution is 5.82. The highest BCUT2D eigenvalue weighted by Crippen LogP contribution is 2.32. The fourth-order valence-electron chi connectivity index (χ4n) is 3.71. The molecule has 0 spiro atoms. The molecule has 0 bridgehead atoms. The standard InChI is InChI=1S/C29H30O5/c1-4-21-9-16-26-25(19-21)27(30)29(28(34-26)22-10-14-23(31-3)15-11-22)33-18-6-5-17-32-24-12-7-20(2)8-13-24/h7-16,19H,4-6,17-18H2,1-3H3. The fraction of sp³-hybridized carbons (Fsp3) is 0.276. The summed E-state index contributed by atoms with van der Waals surface area (Å²) >= 11 is 0. The van der Waals surface area contributed by atoms with Gasteiger partial charge in [0.15, 0.2) is 5.76 Å². The van der Waals surface area contributed by atoms with Crippen LogP contribution in [0.25, 0.3) is 22.3 Å². The lowest BCUT2D eigenvalue weighted by Gasteiger charge is -2.13. The highest BCUT2D eigenvalue weighted by atomic mass is 16.5. The third-order valence-electron chi connectivity index (χ3n) is 5.75. The second-order valence-electron chi connectivity index (χ2n) is 8.22. The molecule has 4 aromatic rings. The summed E-state index contributed by atoms with van der Waals surface area (Å²) in [6, 6.07) is 21.1. The van der Waals surface area contributed by atoms with Crippen molar-refractivity contribution in [3.8, 4) is 28.6 Å². The molecule has 0 fully saturated rings. The van der Waals surface area contributed by atoms with Crippen molar-refractivity contribution in [3.05, 3.63) is 88.1 Å². The van der Waals surface area contributed by atoms with E-state index in [4.69, 9.17) is 18.6 Å². The predicted octanol–water partition coefficient (Wildman–Crippen LogP) is 6.58. The van der Waals surface area contributed by atoms with Gasteiger partial charge in [-0.3, -0.25) is 4.79 Å². The molecule has 0 aliphatic rings. The maximum absolute atomic E-state index is 13.4. The van der Waals surface area contributed by atoms with Crippen molar-refractivity contribution in [1.29, 1.82) is 0 Å². The predicted molar refractivity (Wildman–Crippen MR) is 135 cm³/mol. The molecule has 0 aliphatic heterocycles. The molecule has 4 rings (SSSR count). The molecule has 34 heavy (non-hydrogen) atoms. The van der Waals surface area contributed by atoms with Crippen molar-refractivity contribution in [2.24, 2.45) is 0 Å². The smallest absolute Gasteiger partial charge is 0.235 e. The zero-order chi connectivity index (χ0) is 23.9. The normalized spacial score (nSPS) is 10.9. The summed E-state index contributed by atoms with van der Waals surface area (Å²) in [5.74, 6) is 2.26. The van der Waals surface area contributed by atoms with Gasteiger partial charge in [0.25, 0.3) is 0 Å². The Morgan fingerprint density at radius 2 is 1.50 bits per heavy atom. The molecule has 1 heterocycles. The molecule has 0 saturated heterocycles. The lowest BCUT2D eigenvalue weighted by atomic mass is 10.1. The van der Waals surface area contributed by atoms with Crippen LogP contribution in [0.5, 0.6) is 17.2 Å². The van der Waals surface area contributed by atoms with Crippen molar-refractivity contribution in [2.45, 2.75) is 33.1 Å². The Morgan fingerprint density at radius 3 is 2.18 bits per heavy atom. The van der Waals surface area contributed by atoms with Crippen LogP contribution in [0.2, 0.25) is 0 Å². The van der Waals surface area contributed by atoms with Gasteiger partial charge < -0.3 is 18.6 Å². The molecule has 176 valence electrons. The van der Waals surface area contributed by atoms with Gasteiger partial charge in [-0.2, -0.15) is 0 Å². The Labute approximate surface area is 199 Å². The van der Waals surface area contributed by atoms with Crippen molar-refractivity contribution in [1.82, 2.24) is 0 Å². The Balaban J connectivity index is 1.52. The van der Waals surface area contributed by atoms with Crippen LogP contribution in [0.1, 0.15) is 30.9 Å². The monoisotopic (exact) mass is 458 g/mol. The maximum atomic E-state index is 13.4. The fourth-order valence-corrected chi connectivity index (χ4v) is 3.71. The first-order valence-corrected chi connectivity index (χ1v) is 11.7. The van der Waals surface area contributed by atoms with Crippen LogP contribution in [0.3, 0.4) is 0 Å². The molecular weight excluding hydrogens is 428 g/mol. The summed E-state index contributed by atoms with van der Waals surface area (Å²) in [4.78, 5) is 13.4. The van der Waals surface area contributed by atoms with E-state index in [-0.39, 0.29) is 11.2 Å². The van der Waals surface area contributed by atoms with E-state index in [1.165, 1.54) is 5.56 Å². The molecule has 5 nitrogen and oxygen atoms in total. The van der Waals surface area contributed by atoms with Gasteiger partial charge in [-0.25, -0.2) is 0 Å². The number of aryl methyl sites for hydroxylation is 2. The van der Waals surface area contributed by atoms with Crippen molar-refractivity contribution in [2.75, 3.05) is 20.3 Å². The van der Waals surface area contributed by atoms with Gasteiger partial charge in [-0.1, -0.05) is 30.7 Å². The Kier molecular flexibility index (Phi) is 7.53. The van der Waals surface area contributed by atoms with E-state index in [1.807, 2.05) is 73.7 Å². The summed E-state index contributed by atoms with van der Waals surface area (Å²) in [7, 11) is 1.62. The lowest BCUT2D eigenvalue weighted by Crippen LogP contribution is -2.12. The van der Waals surface area contributed by atoms with E-state index >= 15 is 0 Å². The summed E-state index contributed by atoms with van der Waals surface area (Å²) in [6.07, 6.45) is 2.40. The SMILES string of the molecule is CCc1ccc2oc(-c3ccc(OC)cc3)c(OCCCCOc3ccc(C)cc3)c(=O)c2c1. The van der Waals surface area contributed by atoms with E-state index in [2.05, 4.69) is 6.92 Å². The van der Waals surface area contributed by atoms with Gasteiger partial charge in [-0.15, -0.1) is 0 Å². The maximum Gasteiger partial charge on any atom is 0.235 e. The van der Waals surface area contributed by atoms with Gasteiger partial charge in [0.1, 0.15) is 17.1 Å². The number of rotatable bonds is 10. The van der Waals surface area contributed by atoms with Crippen LogP contribution in [0, 0.1) is 6.92 Å². The molecular formula is C29H30O5. The number of benzene rings is 3. The molecule has 3 aromatic carbocycles. The van der Waals surface area contributed by atoms with E-state index in [0.717, 1.165) is 41.9 Å². The van der Waals surface area contributed by atoms with Gasteiger partial charge in [-0.05, 0) is 80.3 Å². The Morgan fingerprint density at radius 1 is 0.824 bits per heavy atom. The van der Waals surface area contributed by atoms with Crippen LogP contribution >= 0.6 is 0 Å². The Hall–Kier alpha value is -3.73. The Bertz CT molecular complexity index is 1290. The van der Waals surface area contributed by atoms with Gasteiger partial charge in [0.05, 0.1) is 25.7 Å². The second-order valence-corrected chi connectivity index (χ2v) is 8.22. The molecule has 0 saturated carbocycles. The second kappa shape index (κ2) is 10.9. The number of hydrogen-bond acceptors (Lipinski definition) is 5. The van der Waals surface area contributed by atoms with Crippen LogP contribution in [-0.4, -0.2) is 20.3 Å². The molecule has 5 heteroatoms. The molecule has 0 N–H and O–H groups in total. The molecule has 0 amide bonds. The van der Waals surface area contributed by atoms with E-state index in [0.29, 0.717) is 29.9 Å². The number of fused-ring (bicyclic) bond motifs is 1. The van der Waals surface area contributed by atoms with Crippen LogP contribution in [0.4, 0.5) is 0 Å². The zero-order valence-electron chi connectivity index (χ0n) is 19.9. The number of unbranched alkanes of at least 4 members (excludes halogenated alkanes) is 1. The average molecular weight is 459 g/mol. The van der Waals surface area contributed by atoms with Gasteiger partial charge in [0, 0.05) is 5.56 Å². The van der Waals surface area contributed by atoms with E-state index in [1.54, 1.807) is 7.11 Å². The van der Waals surface area contributed by atoms with Gasteiger partial charge >= 0.3 is 0 Å². The van der Waals surface area contributed by atoms with E-state index < -0.39 is 0 Å². The molecule has 0 aliphatic carbocycles. The number of ether oxygens (including phenoxy) is 3. The highest BCUT2D eigenvalue weighted by Gasteiger charge is 2.18. The largest absolute Gasteiger partial charge is 0.497 e. The minimum atomic E-state index is -0.154. The quantitative estimate of drug-likeness (QED) is 0.251. The van der Waals surface area contributed by atoms with Crippen molar-refractivity contribution < 1.29 is 18.6 Å². The van der Waals surface area contributed by atoms with E-state index in [9.17, 15) is 4.79 Å². The summed E-state index contributed by atoms with van der Waals surface area (Å²) in [6.45, 7) is 5.09. The van der Waals surface area contributed by atoms with Crippen molar-refractivity contribution in [3.63, 3.8) is 0 Å². The average Bonchev–Trinajstić information content (AvgIpc) is 2.88. The molecule has 1 aromatic heterocycles. The third kappa shape index (κ3) is 5.42. The molecule has 0 atom stereocenters. The van der Waals surface area contributed by atoms with Gasteiger partial charge in [0.2, 0.25) is 11.2 Å².